The van der Waals surface area contributed by atoms with E-state index >= 15 is 0 Å². The van der Waals surface area contributed by atoms with E-state index in [1.165, 1.54) is 0 Å². The molecule has 0 aromatic heterocycles. The van der Waals surface area contributed by atoms with Gasteiger partial charge in [0.15, 0.2) is 5.96 Å². The third-order valence-corrected chi connectivity index (χ3v) is 4.64. The molecular formula is C15H27IN4O3S. The number of hydrogen-bond acceptors (Lipinski definition) is 4. The minimum Gasteiger partial charge on any atom is -0.496 e. The zero-order chi connectivity index (χ0) is 17.3. The van der Waals surface area contributed by atoms with Crippen molar-refractivity contribution < 1.29 is 13.2 Å². The number of methoxy groups -OCH3 is 1. The molecule has 1 rings (SSSR count). The summed E-state index contributed by atoms with van der Waals surface area (Å²) in [5.74, 6) is 1.50. The molecule has 7 nitrogen and oxygen atoms in total. The molecule has 0 saturated heterocycles. The van der Waals surface area contributed by atoms with E-state index in [4.69, 9.17) is 4.74 Å². The van der Waals surface area contributed by atoms with Crippen LogP contribution in [0.1, 0.15) is 18.1 Å². The van der Waals surface area contributed by atoms with Crippen LogP contribution in [0.15, 0.2) is 23.2 Å². The zero-order valence-electron chi connectivity index (χ0n) is 14.5. The maximum absolute atomic E-state index is 11.3. The Bertz CT molecular complexity index is 636. The van der Waals surface area contributed by atoms with E-state index in [2.05, 4.69) is 20.3 Å². The lowest BCUT2D eigenvalue weighted by Crippen LogP contribution is -2.41. The molecule has 0 heterocycles. The van der Waals surface area contributed by atoms with Gasteiger partial charge in [-0.25, -0.2) is 13.1 Å². The van der Waals surface area contributed by atoms with Crippen LogP contribution in [-0.2, 0) is 16.6 Å². The predicted molar refractivity (Wildman–Crippen MR) is 109 cm³/mol. The minimum atomic E-state index is -3.16. The molecule has 0 aliphatic heterocycles. The van der Waals surface area contributed by atoms with Gasteiger partial charge >= 0.3 is 0 Å². The number of rotatable bonds is 8. The smallest absolute Gasteiger partial charge is 0.211 e. The van der Waals surface area contributed by atoms with Gasteiger partial charge in [-0.1, -0.05) is 12.1 Å². The molecule has 138 valence electrons. The van der Waals surface area contributed by atoms with Gasteiger partial charge in [0.1, 0.15) is 5.75 Å². The summed E-state index contributed by atoms with van der Waals surface area (Å²) in [5, 5.41) is 6.23. The van der Waals surface area contributed by atoms with Crippen LogP contribution < -0.4 is 20.1 Å². The number of benzene rings is 1. The van der Waals surface area contributed by atoms with Gasteiger partial charge in [-0.3, -0.25) is 4.99 Å². The van der Waals surface area contributed by atoms with Crippen molar-refractivity contribution in [1.82, 2.24) is 15.4 Å². The lowest BCUT2D eigenvalue weighted by Gasteiger charge is -2.14. The van der Waals surface area contributed by atoms with Gasteiger partial charge in [-0.2, -0.15) is 0 Å². The zero-order valence-corrected chi connectivity index (χ0v) is 17.7. The molecular weight excluding hydrogens is 443 g/mol. The minimum absolute atomic E-state index is 0. The second kappa shape index (κ2) is 11.5. The van der Waals surface area contributed by atoms with Crippen molar-refractivity contribution in [3.05, 3.63) is 29.3 Å². The maximum atomic E-state index is 11.3. The second-order valence-corrected chi connectivity index (χ2v) is 7.06. The summed E-state index contributed by atoms with van der Waals surface area (Å²) in [5.41, 5.74) is 2.16. The Kier molecular flexibility index (Phi) is 11.0. The first-order valence-corrected chi connectivity index (χ1v) is 9.12. The highest BCUT2D eigenvalue weighted by molar-refractivity contribution is 14.0. The first-order valence-electron chi connectivity index (χ1n) is 7.47. The standard InChI is InChI=1S/C15H26N4O3S.HI/c1-5-23(20,21)19-9-8-17-15(16-3)18-11-13-7-6-12(2)10-14(13)22-4;/h6-7,10,19H,5,8-9,11H2,1-4H3,(H2,16,17,18);1H. The molecule has 0 radical (unpaired) electrons. The van der Waals surface area contributed by atoms with E-state index in [0.717, 1.165) is 16.9 Å². The van der Waals surface area contributed by atoms with Crippen molar-refractivity contribution in [2.45, 2.75) is 20.4 Å². The molecule has 0 aliphatic carbocycles. The summed E-state index contributed by atoms with van der Waals surface area (Å²) in [6, 6.07) is 6.01. The fourth-order valence-electron chi connectivity index (χ4n) is 1.89. The molecule has 9 heteroatoms. The average molecular weight is 470 g/mol. The number of aryl methyl sites for hydroxylation is 1. The van der Waals surface area contributed by atoms with E-state index in [0.29, 0.717) is 25.6 Å². The molecule has 0 unspecified atom stereocenters. The Labute approximate surface area is 161 Å². The summed E-state index contributed by atoms with van der Waals surface area (Å²) in [6.45, 7) is 4.93. The Morgan fingerprint density at radius 3 is 2.54 bits per heavy atom. The van der Waals surface area contributed by atoms with Crippen molar-refractivity contribution >= 4 is 40.0 Å². The van der Waals surface area contributed by atoms with E-state index in [1.54, 1.807) is 21.1 Å². The summed E-state index contributed by atoms with van der Waals surface area (Å²) in [7, 11) is 0.149. The first-order chi connectivity index (χ1) is 10.9. The molecule has 0 saturated carbocycles. The van der Waals surface area contributed by atoms with Crippen LogP contribution in [0.3, 0.4) is 0 Å². The summed E-state index contributed by atoms with van der Waals surface area (Å²) in [6.07, 6.45) is 0. The number of guanidine groups is 1. The molecule has 24 heavy (non-hydrogen) atoms. The van der Waals surface area contributed by atoms with Gasteiger partial charge in [0, 0.05) is 32.2 Å². The average Bonchev–Trinajstić information content (AvgIpc) is 2.55. The first kappa shape index (κ1) is 22.9. The number of nitrogens with zero attached hydrogens (tertiary/aromatic N) is 1. The van der Waals surface area contributed by atoms with Crippen molar-refractivity contribution in [2.75, 3.05) is 33.0 Å². The topological polar surface area (TPSA) is 91.8 Å². The normalized spacial score (nSPS) is 11.6. The molecule has 0 aliphatic rings. The number of ether oxygens (including phenoxy) is 1. The molecule has 1 aromatic rings. The predicted octanol–water partition coefficient (Wildman–Crippen LogP) is 1.23. The Morgan fingerprint density at radius 2 is 1.96 bits per heavy atom. The monoisotopic (exact) mass is 470 g/mol. The molecule has 0 atom stereocenters. The van der Waals surface area contributed by atoms with E-state index < -0.39 is 10.0 Å². The van der Waals surface area contributed by atoms with E-state index in [9.17, 15) is 8.42 Å². The molecule has 0 fully saturated rings. The van der Waals surface area contributed by atoms with Crippen molar-refractivity contribution in [1.29, 1.82) is 0 Å². The third-order valence-electron chi connectivity index (χ3n) is 3.23. The number of aliphatic imine (C=N–C) groups is 1. The van der Waals surface area contributed by atoms with Crippen LogP contribution in [-0.4, -0.2) is 47.4 Å². The van der Waals surface area contributed by atoms with Gasteiger partial charge in [0.05, 0.1) is 12.9 Å². The largest absolute Gasteiger partial charge is 0.496 e. The van der Waals surface area contributed by atoms with Gasteiger partial charge in [0.2, 0.25) is 10.0 Å². The highest BCUT2D eigenvalue weighted by atomic mass is 127. The summed E-state index contributed by atoms with van der Waals surface area (Å²) in [4.78, 5) is 4.11. The Hall–Kier alpha value is -1.07. The van der Waals surface area contributed by atoms with Gasteiger partial charge in [-0.05, 0) is 25.5 Å². The number of sulfonamides is 1. The second-order valence-electron chi connectivity index (χ2n) is 4.97. The van der Waals surface area contributed by atoms with Crippen LogP contribution in [0.4, 0.5) is 0 Å². The van der Waals surface area contributed by atoms with Crippen LogP contribution in [0.2, 0.25) is 0 Å². The van der Waals surface area contributed by atoms with E-state index in [-0.39, 0.29) is 29.7 Å². The van der Waals surface area contributed by atoms with Gasteiger partial charge in [0.25, 0.3) is 0 Å². The van der Waals surface area contributed by atoms with Crippen LogP contribution in [0, 0.1) is 6.92 Å². The van der Waals surface area contributed by atoms with Crippen LogP contribution in [0.25, 0.3) is 0 Å². The number of hydrogen-bond donors (Lipinski definition) is 3. The van der Waals surface area contributed by atoms with Gasteiger partial charge in [-0.15, -0.1) is 24.0 Å². The van der Waals surface area contributed by atoms with Crippen molar-refractivity contribution in [3.63, 3.8) is 0 Å². The molecule has 0 amide bonds. The summed E-state index contributed by atoms with van der Waals surface area (Å²) < 4.78 is 30.5. The Morgan fingerprint density at radius 1 is 1.25 bits per heavy atom. The maximum Gasteiger partial charge on any atom is 0.211 e. The van der Waals surface area contributed by atoms with Gasteiger partial charge < -0.3 is 15.4 Å². The number of nitrogens with one attached hydrogen (secondary N) is 3. The highest BCUT2D eigenvalue weighted by Gasteiger charge is 2.06. The lowest BCUT2D eigenvalue weighted by molar-refractivity contribution is 0.408. The van der Waals surface area contributed by atoms with Crippen LogP contribution in [0.5, 0.6) is 5.75 Å². The third kappa shape index (κ3) is 8.15. The fourth-order valence-corrected chi connectivity index (χ4v) is 2.50. The van der Waals surface area contributed by atoms with Crippen LogP contribution >= 0.6 is 24.0 Å². The molecule has 0 spiro atoms. The lowest BCUT2D eigenvalue weighted by atomic mass is 10.1. The van der Waals surface area contributed by atoms with Crippen molar-refractivity contribution in [3.8, 4) is 5.75 Å². The quantitative estimate of drug-likeness (QED) is 0.230. The number of halogens is 1. The van der Waals surface area contributed by atoms with E-state index in [1.807, 2.05) is 25.1 Å². The fraction of sp³-hybridized carbons (Fsp3) is 0.533. The molecule has 3 N–H and O–H groups in total. The highest BCUT2D eigenvalue weighted by Crippen LogP contribution is 2.19. The van der Waals surface area contributed by atoms with Crippen molar-refractivity contribution in [2.24, 2.45) is 4.99 Å². The SMILES string of the molecule is CCS(=O)(=O)NCCNC(=NC)NCc1ccc(C)cc1OC.I. The molecule has 0 bridgehead atoms. The summed E-state index contributed by atoms with van der Waals surface area (Å²) >= 11 is 0. The Balaban J connectivity index is 0.00000529. The molecule has 1 aromatic carbocycles.